The largest absolute Gasteiger partial charge is 0.401 e. The Morgan fingerprint density at radius 1 is 1.25 bits per heavy atom. The molecule has 3 heterocycles. The minimum Gasteiger partial charge on any atom is -0.357 e. The van der Waals surface area contributed by atoms with Gasteiger partial charge in [-0.1, -0.05) is 6.07 Å². The van der Waals surface area contributed by atoms with Crippen LogP contribution in [-0.4, -0.2) is 65.7 Å². The van der Waals surface area contributed by atoms with Crippen LogP contribution in [-0.2, 0) is 6.42 Å². The molecule has 0 radical (unpaired) electrons. The Balaban J connectivity index is 0.00000363. The summed E-state index contributed by atoms with van der Waals surface area (Å²) in [6, 6.07) is 4.07. The molecule has 0 bridgehead atoms. The number of pyridine rings is 1. The SMILES string of the molecule is CCNC(=NCCC1CCN(CC(F)(F)F)CC1)NCCc1cn2cccc(C)c2n1.I. The number of hydrogen-bond acceptors (Lipinski definition) is 3. The van der Waals surface area contributed by atoms with E-state index in [0.717, 1.165) is 61.6 Å². The molecule has 1 aliphatic rings. The summed E-state index contributed by atoms with van der Waals surface area (Å²) in [4.78, 5) is 10.9. The molecule has 2 aromatic rings. The number of hydrogen-bond donors (Lipinski definition) is 2. The van der Waals surface area contributed by atoms with E-state index >= 15 is 0 Å². The molecule has 6 nitrogen and oxygen atoms in total. The van der Waals surface area contributed by atoms with Gasteiger partial charge in [0, 0.05) is 38.4 Å². The number of aliphatic imine (C=N–C) groups is 1. The van der Waals surface area contributed by atoms with Gasteiger partial charge in [-0.3, -0.25) is 9.89 Å². The average molecular weight is 566 g/mol. The van der Waals surface area contributed by atoms with Gasteiger partial charge in [0.2, 0.25) is 0 Å². The fraction of sp³-hybridized carbons (Fsp3) is 0.636. The molecule has 1 aliphatic heterocycles. The summed E-state index contributed by atoms with van der Waals surface area (Å²) in [6.07, 6.45) is 3.27. The zero-order valence-electron chi connectivity index (χ0n) is 18.8. The summed E-state index contributed by atoms with van der Waals surface area (Å²) >= 11 is 0. The number of nitrogens with one attached hydrogen (secondary N) is 2. The Labute approximate surface area is 205 Å². The van der Waals surface area contributed by atoms with E-state index in [2.05, 4.69) is 34.8 Å². The number of aryl methyl sites for hydroxylation is 1. The summed E-state index contributed by atoms with van der Waals surface area (Å²) in [5, 5.41) is 6.61. The Hall–Kier alpha value is -1.56. The third-order valence-corrected chi connectivity index (χ3v) is 5.66. The highest BCUT2D eigenvalue weighted by atomic mass is 127. The monoisotopic (exact) mass is 566 g/mol. The fourth-order valence-electron chi connectivity index (χ4n) is 4.02. The number of halogens is 4. The van der Waals surface area contributed by atoms with Crippen LogP contribution in [0.4, 0.5) is 13.2 Å². The van der Waals surface area contributed by atoms with Crippen molar-refractivity contribution in [3.8, 4) is 0 Å². The van der Waals surface area contributed by atoms with Crippen LogP contribution >= 0.6 is 24.0 Å². The topological polar surface area (TPSA) is 57.0 Å². The molecule has 32 heavy (non-hydrogen) atoms. The van der Waals surface area contributed by atoms with Gasteiger partial charge in [-0.2, -0.15) is 13.2 Å². The first-order valence-corrected chi connectivity index (χ1v) is 11.1. The molecule has 0 saturated carbocycles. The van der Waals surface area contributed by atoms with E-state index in [-0.39, 0.29) is 24.0 Å². The van der Waals surface area contributed by atoms with Crippen molar-refractivity contribution >= 4 is 35.6 Å². The lowest BCUT2D eigenvalue weighted by Crippen LogP contribution is -2.40. The van der Waals surface area contributed by atoms with Crippen LogP contribution in [0, 0.1) is 12.8 Å². The van der Waals surface area contributed by atoms with Gasteiger partial charge < -0.3 is 15.0 Å². The molecule has 0 atom stereocenters. The zero-order valence-corrected chi connectivity index (χ0v) is 21.1. The molecule has 3 rings (SSSR count). The lowest BCUT2D eigenvalue weighted by Gasteiger charge is -2.32. The first kappa shape index (κ1) is 26.7. The van der Waals surface area contributed by atoms with Crippen molar-refractivity contribution < 1.29 is 13.2 Å². The number of fused-ring (bicyclic) bond motifs is 1. The molecule has 0 spiro atoms. The smallest absolute Gasteiger partial charge is 0.357 e. The zero-order chi connectivity index (χ0) is 22.3. The molecule has 1 fully saturated rings. The van der Waals surface area contributed by atoms with Crippen LogP contribution in [0.3, 0.4) is 0 Å². The van der Waals surface area contributed by atoms with Crippen molar-refractivity contribution in [2.45, 2.75) is 45.7 Å². The van der Waals surface area contributed by atoms with Crippen LogP contribution in [0.15, 0.2) is 29.5 Å². The van der Waals surface area contributed by atoms with Gasteiger partial charge in [0.1, 0.15) is 5.65 Å². The summed E-state index contributed by atoms with van der Waals surface area (Å²) in [5.74, 6) is 1.22. The maximum atomic E-state index is 12.5. The maximum Gasteiger partial charge on any atom is 0.401 e. The molecule has 2 N–H and O–H groups in total. The number of imidazole rings is 1. The van der Waals surface area contributed by atoms with Gasteiger partial charge in [0.15, 0.2) is 5.96 Å². The van der Waals surface area contributed by atoms with E-state index in [9.17, 15) is 13.2 Å². The second kappa shape index (κ2) is 12.6. The molecule has 1 saturated heterocycles. The van der Waals surface area contributed by atoms with Crippen molar-refractivity contribution in [1.29, 1.82) is 0 Å². The molecule has 0 amide bonds. The first-order chi connectivity index (χ1) is 14.8. The molecule has 180 valence electrons. The lowest BCUT2D eigenvalue weighted by atomic mass is 9.93. The number of piperidine rings is 1. The molecule has 0 aliphatic carbocycles. The second-order valence-electron chi connectivity index (χ2n) is 8.22. The van der Waals surface area contributed by atoms with Gasteiger partial charge in [-0.05, 0) is 63.7 Å². The van der Waals surface area contributed by atoms with Gasteiger partial charge in [0.05, 0.1) is 12.2 Å². The summed E-state index contributed by atoms with van der Waals surface area (Å²) in [6.45, 7) is 6.50. The normalized spacial score (nSPS) is 16.2. The molecular weight excluding hydrogens is 532 g/mol. The summed E-state index contributed by atoms with van der Waals surface area (Å²) in [5.41, 5.74) is 3.17. The Kier molecular flexibility index (Phi) is 10.5. The summed E-state index contributed by atoms with van der Waals surface area (Å²) < 4.78 is 39.6. The highest BCUT2D eigenvalue weighted by Gasteiger charge is 2.32. The Morgan fingerprint density at radius 2 is 2.00 bits per heavy atom. The third kappa shape index (κ3) is 8.42. The van der Waals surface area contributed by atoms with E-state index < -0.39 is 12.7 Å². The lowest BCUT2D eigenvalue weighted by molar-refractivity contribution is -0.148. The molecule has 0 aromatic carbocycles. The minimum atomic E-state index is -4.11. The predicted octanol–water partition coefficient (Wildman–Crippen LogP) is 4.02. The van der Waals surface area contributed by atoms with Crippen LogP contribution in [0.5, 0.6) is 0 Å². The summed E-state index contributed by atoms with van der Waals surface area (Å²) in [7, 11) is 0. The molecule has 10 heteroatoms. The quantitative estimate of drug-likeness (QED) is 0.288. The van der Waals surface area contributed by atoms with Crippen molar-refractivity contribution in [3.63, 3.8) is 0 Å². The van der Waals surface area contributed by atoms with Gasteiger partial charge in [0.25, 0.3) is 0 Å². The van der Waals surface area contributed by atoms with E-state index in [1.54, 1.807) is 0 Å². The predicted molar refractivity (Wildman–Crippen MR) is 133 cm³/mol. The number of guanidine groups is 1. The number of aromatic nitrogens is 2. The average Bonchev–Trinajstić information content (AvgIpc) is 3.13. The number of likely N-dealkylation sites (tertiary alicyclic amines) is 1. The standard InChI is InChI=1S/C22H33F3N6.HI/c1-3-26-21(27-10-6-18-8-13-30(14-9-18)16-22(23,24)25)28-11-7-19-15-31-12-4-5-17(2)20(31)29-19;/h4-5,12,15,18H,3,6-11,13-14,16H2,1-2H3,(H2,26,27,28);1H. The van der Waals surface area contributed by atoms with Crippen molar-refractivity contribution in [3.05, 3.63) is 35.8 Å². The van der Waals surface area contributed by atoms with Crippen molar-refractivity contribution in [2.24, 2.45) is 10.9 Å². The molecular formula is C22H34F3IN6. The van der Waals surface area contributed by atoms with Crippen molar-refractivity contribution in [2.75, 3.05) is 39.3 Å². The molecule has 0 unspecified atom stereocenters. The van der Waals surface area contributed by atoms with Crippen LogP contribution in [0.2, 0.25) is 0 Å². The minimum absolute atomic E-state index is 0. The van der Waals surface area contributed by atoms with E-state index in [1.807, 2.05) is 23.6 Å². The maximum absolute atomic E-state index is 12.5. The van der Waals surface area contributed by atoms with Gasteiger partial charge in [-0.15, -0.1) is 24.0 Å². The Bertz CT molecular complexity index is 859. The molecule has 2 aromatic heterocycles. The first-order valence-electron chi connectivity index (χ1n) is 11.1. The highest BCUT2D eigenvalue weighted by Crippen LogP contribution is 2.24. The number of alkyl halides is 3. The number of nitrogens with zero attached hydrogens (tertiary/aromatic N) is 4. The highest BCUT2D eigenvalue weighted by molar-refractivity contribution is 14.0. The van der Waals surface area contributed by atoms with Crippen LogP contribution in [0.25, 0.3) is 5.65 Å². The van der Waals surface area contributed by atoms with Gasteiger partial charge >= 0.3 is 6.18 Å². The second-order valence-corrected chi connectivity index (χ2v) is 8.22. The van der Waals surface area contributed by atoms with E-state index in [4.69, 9.17) is 4.98 Å². The van der Waals surface area contributed by atoms with E-state index in [1.165, 1.54) is 4.90 Å². The van der Waals surface area contributed by atoms with E-state index in [0.29, 0.717) is 25.6 Å². The van der Waals surface area contributed by atoms with Gasteiger partial charge in [-0.25, -0.2) is 4.98 Å². The van der Waals surface area contributed by atoms with Crippen LogP contribution in [0.1, 0.15) is 37.4 Å². The third-order valence-electron chi connectivity index (χ3n) is 5.66. The fourth-order valence-corrected chi connectivity index (χ4v) is 4.02. The van der Waals surface area contributed by atoms with Crippen LogP contribution < -0.4 is 10.6 Å². The Morgan fingerprint density at radius 3 is 2.66 bits per heavy atom. The van der Waals surface area contributed by atoms with Crippen molar-refractivity contribution in [1.82, 2.24) is 24.9 Å². The number of rotatable bonds is 8.